The van der Waals surface area contributed by atoms with Crippen LogP contribution in [-0.2, 0) is 9.53 Å². The Morgan fingerprint density at radius 2 is 1.90 bits per heavy atom. The summed E-state index contributed by atoms with van der Waals surface area (Å²) in [5, 5.41) is 2.69. The summed E-state index contributed by atoms with van der Waals surface area (Å²) in [6, 6.07) is 4.53. The van der Waals surface area contributed by atoms with Gasteiger partial charge in [-0.05, 0) is 37.6 Å². The van der Waals surface area contributed by atoms with Crippen molar-refractivity contribution in [2.45, 2.75) is 20.0 Å². The van der Waals surface area contributed by atoms with E-state index in [2.05, 4.69) is 10.1 Å². The normalized spacial score (nSPS) is 12.0. The van der Waals surface area contributed by atoms with Crippen LogP contribution in [0, 0.1) is 6.92 Å². The molecule has 7 heteroatoms. The number of benzene rings is 1. The average Bonchev–Trinajstić information content (AvgIpc) is 2.38. The summed E-state index contributed by atoms with van der Waals surface area (Å²) in [6.07, 6.45) is -4.42. The maximum Gasteiger partial charge on any atom is 0.454 e. The number of esters is 1. The Morgan fingerprint density at radius 1 is 1.29 bits per heavy atom. The summed E-state index contributed by atoms with van der Waals surface area (Å²) in [4.78, 5) is 22.2. The molecule has 0 aliphatic carbocycles. The second kappa shape index (κ2) is 6.43. The number of hydrogen-bond acceptors (Lipinski definition) is 4. The van der Waals surface area contributed by atoms with Crippen molar-refractivity contribution in [3.63, 3.8) is 0 Å². The summed E-state index contributed by atoms with van der Waals surface area (Å²) in [5.41, 5.74) is 1.50. The van der Waals surface area contributed by atoms with E-state index in [1.54, 1.807) is 6.92 Å². The molecule has 0 aliphatic heterocycles. The molecule has 0 heterocycles. The Bertz CT molecular complexity index is 592. The zero-order valence-electron chi connectivity index (χ0n) is 11.7. The highest BCUT2D eigenvalue weighted by molar-refractivity contribution is 5.95. The molecule has 0 saturated heterocycles. The number of aryl methyl sites for hydroxylation is 1. The number of allylic oxidation sites excluding steroid dienone is 2. The molecule has 0 aromatic heterocycles. The third-order valence-corrected chi connectivity index (χ3v) is 2.61. The number of halogens is 3. The number of methoxy groups -OCH3 is 1. The predicted molar refractivity (Wildman–Crippen MR) is 71.0 cm³/mol. The number of carbonyl (C=O) groups is 2. The molecule has 0 radical (unpaired) electrons. The first-order chi connectivity index (χ1) is 9.65. The summed E-state index contributed by atoms with van der Waals surface area (Å²) >= 11 is 0. The highest BCUT2D eigenvalue weighted by Gasteiger charge is 2.36. The summed E-state index contributed by atoms with van der Waals surface area (Å²) in [5.74, 6) is -2.44. The van der Waals surface area contributed by atoms with Crippen LogP contribution in [0.3, 0.4) is 0 Å². The Kier molecular flexibility index (Phi) is 5.12. The first-order valence-electron chi connectivity index (χ1n) is 5.90. The fourth-order valence-electron chi connectivity index (χ4n) is 1.58. The Balaban J connectivity index is 2.91. The second-order valence-electron chi connectivity index (χ2n) is 4.34. The molecule has 114 valence electrons. The highest BCUT2D eigenvalue weighted by atomic mass is 19.4. The van der Waals surface area contributed by atoms with E-state index in [0.29, 0.717) is 22.9 Å². The molecule has 0 saturated carbocycles. The van der Waals surface area contributed by atoms with Crippen LogP contribution in [0.2, 0.25) is 0 Å². The summed E-state index contributed by atoms with van der Waals surface area (Å²) in [7, 11) is 1.25. The van der Waals surface area contributed by atoms with Crippen molar-refractivity contribution in [1.82, 2.24) is 0 Å². The van der Waals surface area contributed by atoms with Gasteiger partial charge in [0, 0.05) is 17.5 Å². The molecule has 0 unspecified atom stereocenters. The quantitative estimate of drug-likeness (QED) is 0.685. The lowest BCUT2D eigenvalue weighted by Gasteiger charge is -2.11. The van der Waals surface area contributed by atoms with E-state index in [1.807, 2.05) is 0 Å². The van der Waals surface area contributed by atoms with Crippen LogP contribution in [0.25, 0.3) is 0 Å². The minimum absolute atomic E-state index is 0.0474. The minimum atomic E-state index is -4.90. The van der Waals surface area contributed by atoms with Crippen LogP contribution in [0.5, 0.6) is 0 Å². The highest BCUT2D eigenvalue weighted by Crippen LogP contribution is 2.21. The number of ether oxygens (including phenoxy) is 1. The van der Waals surface area contributed by atoms with Crippen molar-refractivity contribution in [3.8, 4) is 0 Å². The molecule has 1 rings (SSSR count). The molecular weight excluding hydrogens is 287 g/mol. The van der Waals surface area contributed by atoms with Crippen LogP contribution in [0.4, 0.5) is 18.9 Å². The molecule has 4 nitrogen and oxygen atoms in total. The molecule has 0 bridgehead atoms. The molecule has 21 heavy (non-hydrogen) atoms. The lowest BCUT2D eigenvalue weighted by Crippen LogP contribution is -2.21. The fraction of sp³-hybridized carbons (Fsp3) is 0.286. The van der Waals surface area contributed by atoms with Crippen LogP contribution < -0.4 is 5.32 Å². The number of anilines is 1. The van der Waals surface area contributed by atoms with Crippen LogP contribution in [-0.4, -0.2) is 25.0 Å². The largest absolute Gasteiger partial charge is 0.465 e. The van der Waals surface area contributed by atoms with Crippen LogP contribution in [0.1, 0.15) is 22.8 Å². The minimum Gasteiger partial charge on any atom is -0.465 e. The van der Waals surface area contributed by atoms with Gasteiger partial charge in [-0.15, -0.1) is 0 Å². The van der Waals surface area contributed by atoms with Crippen molar-refractivity contribution in [2.24, 2.45) is 0 Å². The number of rotatable bonds is 4. The van der Waals surface area contributed by atoms with Gasteiger partial charge in [-0.25, -0.2) is 4.79 Å². The van der Waals surface area contributed by atoms with Crippen molar-refractivity contribution in [1.29, 1.82) is 0 Å². The summed E-state index contributed by atoms with van der Waals surface area (Å²) in [6.45, 7) is 3.02. The predicted octanol–water partition coefficient (Wildman–Crippen LogP) is 3.23. The van der Waals surface area contributed by atoms with Gasteiger partial charge in [0.15, 0.2) is 0 Å². The number of carbonyl (C=O) groups excluding carboxylic acids is 2. The van der Waals surface area contributed by atoms with Crippen molar-refractivity contribution in [3.05, 3.63) is 41.1 Å². The van der Waals surface area contributed by atoms with Crippen molar-refractivity contribution < 1.29 is 27.5 Å². The third kappa shape index (κ3) is 4.62. The van der Waals surface area contributed by atoms with Crippen molar-refractivity contribution in [2.75, 3.05) is 12.4 Å². The van der Waals surface area contributed by atoms with Gasteiger partial charge in [0.2, 0.25) is 0 Å². The Morgan fingerprint density at radius 3 is 2.38 bits per heavy atom. The smallest absolute Gasteiger partial charge is 0.454 e. The third-order valence-electron chi connectivity index (χ3n) is 2.61. The first-order valence-corrected chi connectivity index (χ1v) is 5.90. The van der Waals surface area contributed by atoms with Gasteiger partial charge in [0.05, 0.1) is 12.7 Å². The maximum atomic E-state index is 12.1. The number of nitrogens with one attached hydrogen (secondary N) is 1. The van der Waals surface area contributed by atoms with Crippen LogP contribution in [0.15, 0.2) is 30.0 Å². The number of alkyl halides is 3. The lowest BCUT2D eigenvalue weighted by atomic mass is 10.1. The van der Waals surface area contributed by atoms with Gasteiger partial charge in [0.25, 0.3) is 5.78 Å². The van der Waals surface area contributed by atoms with Gasteiger partial charge >= 0.3 is 12.1 Å². The van der Waals surface area contributed by atoms with Gasteiger partial charge in [-0.3, -0.25) is 4.79 Å². The van der Waals surface area contributed by atoms with E-state index < -0.39 is 17.9 Å². The van der Waals surface area contributed by atoms with E-state index >= 15 is 0 Å². The van der Waals surface area contributed by atoms with Gasteiger partial charge in [0.1, 0.15) is 0 Å². The van der Waals surface area contributed by atoms with Gasteiger partial charge in [-0.1, -0.05) is 0 Å². The molecule has 0 spiro atoms. The zero-order valence-corrected chi connectivity index (χ0v) is 11.7. The van der Waals surface area contributed by atoms with Gasteiger partial charge in [-0.2, -0.15) is 13.2 Å². The molecule has 0 fully saturated rings. The Labute approximate surface area is 119 Å². The molecule has 0 amide bonds. The number of ketones is 1. The molecule has 1 aromatic carbocycles. The topological polar surface area (TPSA) is 55.4 Å². The number of hydrogen-bond donors (Lipinski definition) is 1. The van der Waals surface area contributed by atoms with E-state index in [4.69, 9.17) is 0 Å². The summed E-state index contributed by atoms with van der Waals surface area (Å²) < 4.78 is 41.0. The fourth-order valence-corrected chi connectivity index (χ4v) is 1.58. The molecule has 1 aromatic rings. The standard InChI is InChI=1S/C14H14F3NO3/c1-8-6-10(13(20)21-3)4-5-11(8)18-9(2)7-12(19)14(15,16)17/h4-7,18H,1-3H3/b9-7+. The SMILES string of the molecule is COC(=O)c1ccc(N/C(C)=C/C(=O)C(F)(F)F)c(C)c1. The van der Waals surface area contributed by atoms with E-state index in [0.717, 1.165) is 0 Å². The van der Waals surface area contributed by atoms with E-state index in [-0.39, 0.29) is 5.70 Å². The van der Waals surface area contributed by atoms with E-state index in [1.165, 1.54) is 32.2 Å². The van der Waals surface area contributed by atoms with E-state index in [9.17, 15) is 22.8 Å². The lowest BCUT2D eigenvalue weighted by molar-refractivity contribution is -0.165. The molecule has 1 N–H and O–H groups in total. The Hall–Kier alpha value is -2.31. The van der Waals surface area contributed by atoms with Crippen LogP contribution >= 0.6 is 0 Å². The second-order valence-corrected chi connectivity index (χ2v) is 4.34. The molecule has 0 atom stereocenters. The van der Waals surface area contributed by atoms with Gasteiger partial charge < -0.3 is 10.1 Å². The average molecular weight is 301 g/mol. The maximum absolute atomic E-state index is 12.1. The monoisotopic (exact) mass is 301 g/mol. The zero-order chi connectivity index (χ0) is 16.2. The van der Waals surface area contributed by atoms with Crippen molar-refractivity contribution >= 4 is 17.4 Å². The molecular formula is C14H14F3NO3. The first kappa shape index (κ1) is 16.7. The molecule has 0 aliphatic rings.